The third-order valence-corrected chi connectivity index (χ3v) is 7.01. The number of hydrogen-bond acceptors (Lipinski definition) is 4. The van der Waals surface area contributed by atoms with Gasteiger partial charge in [0.1, 0.15) is 5.78 Å². The van der Waals surface area contributed by atoms with Crippen LogP contribution in [0, 0.1) is 5.92 Å². The van der Waals surface area contributed by atoms with E-state index in [0.717, 1.165) is 37.7 Å². The van der Waals surface area contributed by atoms with Gasteiger partial charge in [0.15, 0.2) is 0 Å². The second-order valence-electron chi connectivity index (χ2n) is 10.2. The number of nitrogens with one attached hydrogen (secondary N) is 2. The molecular weight excluding hydrogens is 472 g/mol. The van der Waals surface area contributed by atoms with Gasteiger partial charge >= 0.3 is 0 Å². The zero-order chi connectivity index (χ0) is 26.4. The van der Waals surface area contributed by atoms with Gasteiger partial charge in [-0.2, -0.15) is 0 Å². The van der Waals surface area contributed by atoms with Crippen LogP contribution in [0.1, 0.15) is 122 Å². The van der Waals surface area contributed by atoms with E-state index in [2.05, 4.69) is 10.0 Å². The molecule has 0 bridgehead atoms. The van der Waals surface area contributed by atoms with Crippen molar-refractivity contribution >= 4 is 28.6 Å². The van der Waals surface area contributed by atoms with Crippen LogP contribution in [0.15, 0.2) is 24.3 Å². The lowest BCUT2D eigenvalue weighted by atomic mass is 10.0. The first-order chi connectivity index (χ1) is 17.4. The Labute approximate surface area is 222 Å². The maximum absolute atomic E-state index is 12.0. The standard InChI is InChI=1S/C29H50N2O4S/c1-25(2)28(32)17-15-13-11-9-7-5-3-4-6-8-10-12-14-16-18-29(33)30-24-23-26-19-21-27(22-20-26)31-36(34)35/h19-22,25,31H,3-18,23-24H2,1-2H3,(H,30,33)(H,34,35)/p-1. The quantitative estimate of drug-likeness (QED) is 0.119. The molecule has 0 saturated carbocycles. The van der Waals surface area contributed by atoms with Crippen molar-refractivity contribution in [3.8, 4) is 0 Å². The normalized spacial score (nSPS) is 12.0. The zero-order valence-electron chi connectivity index (χ0n) is 22.7. The van der Waals surface area contributed by atoms with E-state index in [-0.39, 0.29) is 11.8 Å². The average Bonchev–Trinajstić information content (AvgIpc) is 2.84. The van der Waals surface area contributed by atoms with Crippen molar-refractivity contribution in [1.82, 2.24) is 5.32 Å². The Kier molecular flexibility index (Phi) is 19.2. The molecule has 0 aliphatic rings. The van der Waals surface area contributed by atoms with Gasteiger partial charge in [0.25, 0.3) is 0 Å². The highest BCUT2D eigenvalue weighted by atomic mass is 32.2. The van der Waals surface area contributed by atoms with Crippen LogP contribution in [0.3, 0.4) is 0 Å². The molecule has 1 rings (SSSR count). The molecule has 1 unspecified atom stereocenters. The Morgan fingerprint density at radius 3 is 1.64 bits per heavy atom. The first-order valence-electron chi connectivity index (χ1n) is 14.1. The lowest BCUT2D eigenvalue weighted by Crippen LogP contribution is -2.25. The maximum Gasteiger partial charge on any atom is 0.220 e. The molecule has 0 aliphatic carbocycles. The fourth-order valence-electron chi connectivity index (χ4n) is 4.27. The van der Waals surface area contributed by atoms with Crippen LogP contribution in [0.4, 0.5) is 5.69 Å². The van der Waals surface area contributed by atoms with E-state index in [9.17, 15) is 18.4 Å². The minimum Gasteiger partial charge on any atom is -0.755 e. The van der Waals surface area contributed by atoms with Gasteiger partial charge in [-0.1, -0.05) is 103 Å². The van der Waals surface area contributed by atoms with Crippen LogP contribution < -0.4 is 10.0 Å². The minimum absolute atomic E-state index is 0.110. The second-order valence-corrected chi connectivity index (χ2v) is 10.9. The van der Waals surface area contributed by atoms with Crippen LogP contribution in [0.2, 0.25) is 0 Å². The van der Waals surface area contributed by atoms with Gasteiger partial charge in [-0.3, -0.25) is 13.8 Å². The van der Waals surface area contributed by atoms with E-state index >= 15 is 0 Å². The highest BCUT2D eigenvalue weighted by Crippen LogP contribution is 2.14. The second kappa shape index (κ2) is 21.4. The number of unbranched alkanes of at least 4 members (excludes halogenated alkanes) is 13. The van der Waals surface area contributed by atoms with E-state index in [4.69, 9.17) is 0 Å². The average molecular weight is 522 g/mol. The first kappa shape index (κ1) is 32.3. The van der Waals surface area contributed by atoms with Gasteiger partial charge in [-0.05, 0) is 37.0 Å². The molecule has 0 aromatic heterocycles. The highest BCUT2D eigenvalue weighted by Gasteiger charge is 2.06. The Balaban J connectivity index is 1.83. The van der Waals surface area contributed by atoms with E-state index in [0.29, 0.717) is 24.4 Å². The summed E-state index contributed by atoms with van der Waals surface area (Å²) in [6, 6.07) is 7.17. The SMILES string of the molecule is CC(C)C(=O)CCCCCCCCCCCCCCCCC(=O)NCCc1ccc(NS(=O)[O-])cc1. The third kappa shape index (κ3) is 18.5. The van der Waals surface area contributed by atoms with Crippen molar-refractivity contribution in [3.63, 3.8) is 0 Å². The van der Waals surface area contributed by atoms with Crippen LogP contribution in [0.5, 0.6) is 0 Å². The molecule has 0 saturated heterocycles. The summed E-state index contributed by atoms with van der Waals surface area (Å²) in [7, 11) is 0. The van der Waals surface area contributed by atoms with E-state index in [1.807, 2.05) is 26.0 Å². The van der Waals surface area contributed by atoms with E-state index < -0.39 is 11.3 Å². The third-order valence-electron chi connectivity index (χ3n) is 6.61. The van der Waals surface area contributed by atoms with E-state index in [1.54, 1.807) is 12.1 Å². The molecule has 6 nitrogen and oxygen atoms in total. The zero-order valence-corrected chi connectivity index (χ0v) is 23.5. The lowest BCUT2D eigenvalue weighted by Gasteiger charge is -2.09. The summed E-state index contributed by atoms with van der Waals surface area (Å²) in [6.07, 6.45) is 19.4. The van der Waals surface area contributed by atoms with Crippen LogP contribution in [0.25, 0.3) is 0 Å². The van der Waals surface area contributed by atoms with Gasteiger partial charge in [-0.25, -0.2) is 0 Å². The van der Waals surface area contributed by atoms with E-state index in [1.165, 1.54) is 70.6 Å². The Morgan fingerprint density at radius 2 is 1.19 bits per heavy atom. The smallest absolute Gasteiger partial charge is 0.220 e. The largest absolute Gasteiger partial charge is 0.755 e. The number of hydrogen-bond donors (Lipinski definition) is 2. The molecule has 1 amide bonds. The van der Waals surface area contributed by atoms with Crippen LogP contribution >= 0.6 is 0 Å². The van der Waals surface area contributed by atoms with Gasteiger partial charge in [0.05, 0.1) is 0 Å². The minimum atomic E-state index is -2.31. The number of carbonyl (C=O) groups excluding carboxylic acids is 2. The summed E-state index contributed by atoms with van der Waals surface area (Å²) >= 11 is -2.31. The molecule has 0 spiro atoms. The number of rotatable bonds is 23. The van der Waals surface area contributed by atoms with Crippen LogP contribution in [-0.4, -0.2) is 27.0 Å². The summed E-state index contributed by atoms with van der Waals surface area (Å²) in [6.45, 7) is 4.57. The molecule has 0 radical (unpaired) electrons. The molecule has 7 heteroatoms. The molecule has 1 aromatic carbocycles. The number of ketones is 1. The molecule has 0 aliphatic heterocycles. The number of anilines is 1. The fraction of sp³-hybridized carbons (Fsp3) is 0.724. The van der Waals surface area contributed by atoms with Crippen molar-refractivity contribution in [3.05, 3.63) is 29.8 Å². The summed E-state index contributed by atoms with van der Waals surface area (Å²) < 4.78 is 23.5. The molecule has 2 N–H and O–H groups in total. The summed E-state index contributed by atoms with van der Waals surface area (Å²) in [5.74, 6) is 0.709. The highest BCUT2D eigenvalue weighted by molar-refractivity contribution is 7.80. The van der Waals surface area contributed by atoms with Crippen molar-refractivity contribution in [1.29, 1.82) is 0 Å². The van der Waals surface area contributed by atoms with Crippen molar-refractivity contribution in [2.24, 2.45) is 5.92 Å². The van der Waals surface area contributed by atoms with Gasteiger partial charge in [0.2, 0.25) is 5.91 Å². The number of Topliss-reactive ketones (excluding diaryl/α,β-unsaturated/α-hetero) is 1. The summed E-state index contributed by atoms with van der Waals surface area (Å²) in [5.41, 5.74) is 1.59. The summed E-state index contributed by atoms with van der Waals surface area (Å²) in [4.78, 5) is 23.6. The topological polar surface area (TPSA) is 98.3 Å². The predicted molar refractivity (Wildman–Crippen MR) is 149 cm³/mol. The lowest BCUT2D eigenvalue weighted by molar-refractivity contribution is -0.122. The maximum atomic E-state index is 12.0. The number of amides is 1. The van der Waals surface area contributed by atoms with Crippen molar-refractivity contribution < 1.29 is 18.4 Å². The monoisotopic (exact) mass is 521 g/mol. The van der Waals surface area contributed by atoms with Crippen molar-refractivity contribution in [2.75, 3.05) is 11.3 Å². The molecule has 1 atom stereocenters. The van der Waals surface area contributed by atoms with Gasteiger partial charge in [0, 0.05) is 42.3 Å². The van der Waals surface area contributed by atoms with Gasteiger partial charge in [-0.15, -0.1) is 0 Å². The summed E-state index contributed by atoms with van der Waals surface area (Å²) in [5, 5.41) is 2.97. The molecule has 1 aromatic rings. The molecule has 0 heterocycles. The predicted octanol–water partition coefficient (Wildman–Crippen LogP) is 7.02. The van der Waals surface area contributed by atoms with Gasteiger partial charge < -0.3 is 14.6 Å². The van der Waals surface area contributed by atoms with Crippen LogP contribution in [-0.2, 0) is 27.3 Å². The number of benzene rings is 1. The number of carbonyl (C=O) groups is 2. The Bertz CT molecular complexity index is 737. The first-order valence-corrected chi connectivity index (χ1v) is 15.2. The molecule has 206 valence electrons. The Hall–Kier alpha value is -1.73. The molecule has 0 fully saturated rings. The fourth-order valence-corrected chi connectivity index (χ4v) is 4.59. The molecular formula is C29H49N2O4S-. The van der Waals surface area contributed by atoms with Crippen molar-refractivity contribution in [2.45, 2.75) is 123 Å². The molecule has 36 heavy (non-hydrogen) atoms. The Morgan fingerprint density at radius 1 is 0.750 bits per heavy atom.